The highest BCUT2D eigenvalue weighted by Crippen LogP contribution is 2.28. The number of carboxylic acids is 1. The molecule has 0 atom stereocenters. The first-order valence-electron chi connectivity index (χ1n) is 6.80. The van der Waals surface area contributed by atoms with Gasteiger partial charge in [0.2, 0.25) is 0 Å². The van der Waals surface area contributed by atoms with E-state index in [2.05, 4.69) is 39.0 Å². The molecule has 2 rings (SSSR count). The molecule has 1 aromatic carbocycles. The van der Waals surface area contributed by atoms with E-state index in [0.29, 0.717) is 11.6 Å². The van der Waals surface area contributed by atoms with Crippen LogP contribution in [0.3, 0.4) is 0 Å². The Balaban J connectivity index is 2.75. The summed E-state index contributed by atoms with van der Waals surface area (Å²) in [6, 6.07) is 6.26. The molecule has 1 heterocycles. The molecular weight excluding hydrogens is 238 g/mol. The van der Waals surface area contributed by atoms with Crippen LogP contribution in [-0.2, 0) is 13.0 Å². The number of carbonyl (C=O) groups is 1. The van der Waals surface area contributed by atoms with Gasteiger partial charge in [0.05, 0.1) is 0 Å². The van der Waals surface area contributed by atoms with E-state index in [-0.39, 0.29) is 0 Å². The first-order valence-corrected chi connectivity index (χ1v) is 6.80. The molecular formula is C16H21NO2. The molecule has 102 valence electrons. The Kier molecular flexibility index (Phi) is 3.65. The lowest BCUT2D eigenvalue weighted by Crippen LogP contribution is -2.12. The fourth-order valence-electron chi connectivity index (χ4n) is 2.62. The Morgan fingerprint density at radius 2 is 2.05 bits per heavy atom. The van der Waals surface area contributed by atoms with Crippen LogP contribution in [0.4, 0.5) is 0 Å². The van der Waals surface area contributed by atoms with E-state index in [1.165, 1.54) is 5.56 Å². The van der Waals surface area contributed by atoms with Crippen molar-refractivity contribution in [3.63, 3.8) is 0 Å². The number of hydrogen-bond donors (Lipinski definition) is 1. The number of hydrogen-bond acceptors (Lipinski definition) is 1. The summed E-state index contributed by atoms with van der Waals surface area (Å²) in [7, 11) is 0. The van der Waals surface area contributed by atoms with Crippen LogP contribution >= 0.6 is 0 Å². The number of benzene rings is 1. The number of aryl methyl sites for hydroxylation is 2. The highest BCUT2D eigenvalue weighted by atomic mass is 16.4. The van der Waals surface area contributed by atoms with E-state index >= 15 is 0 Å². The molecule has 1 N–H and O–H groups in total. The van der Waals surface area contributed by atoms with Crippen LogP contribution in [0.2, 0.25) is 0 Å². The van der Waals surface area contributed by atoms with Crippen molar-refractivity contribution >= 4 is 16.9 Å². The van der Waals surface area contributed by atoms with E-state index in [9.17, 15) is 9.90 Å². The van der Waals surface area contributed by atoms with Gasteiger partial charge in [0.15, 0.2) is 0 Å². The lowest BCUT2D eigenvalue weighted by atomic mass is 10.1. The molecule has 0 aliphatic rings. The molecule has 1 aromatic heterocycles. The summed E-state index contributed by atoms with van der Waals surface area (Å²) in [5.74, 6) is -0.425. The number of rotatable bonds is 4. The number of fused-ring (bicyclic) bond motifs is 1. The van der Waals surface area contributed by atoms with Crippen molar-refractivity contribution < 1.29 is 9.90 Å². The van der Waals surface area contributed by atoms with Crippen LogP contribution in [0, 0.1) is 12.8 Å². The molecule has 0 spiro atoms. The van der Waals surface area contributed by atoms with E-state index in [0.717, 1.165) is 29.4 Å². The number of aromatic carboxylic acids is 1. The Morgan fingerprint density at radius 1 is 1.37 bits per heavy atom. The van der Waals surface area contributed by atoms with Crippen molar-refractivity contribution in [3.05, 3.63) is 35.0 Å². The maximum absolute atomic E-state index is 11.5. The zero-order valence-electron chi connectivity index (χ0n) is 12.0. The molecule has 0 aliphatic heterocycles. The number of carboxylic acid groups (broad SMARTS) is 1. The molecule has 3 heteroatoms. The van der Waals surface area contributed by atoms with Crippen molar-refractivity contribution in [2.45, 2.75) is 40.7 Å². The smallest absolute Gasteiger partial charge is 0.352 e. The Morgan fingerprint density at radius 3 is 2.58 bits per heavy atom. The molecule has 19 heavy (non-hydrogen) atoms. The molecule has 3 nitrogen and oxygen atoms in total. The minimum atomic E-state index is -0.840. The van der Waals surface area contributed by atoms with E-state index in [1.54, 1.807) is 0 Å². The van der Waals surface area contributed by atoms with Gasteiger partial charge in [-0.15, -0.1) is 0 Å². The van der Waals surface area contributed by atoms with Gasteiger partial charge in [0.1, 0.15) is 5.69 Å². The normalized spacial score (nSPS) is 11.4. The third-order valence-electron chi connectivity index (χ3n) is 3.54. The van der Waals surface area contributed by atoms with E-state index in [4.69, 9.17) is 0 Å². The van der Waals surface area contributed by atoms with Gasteiger partial charge in [-0.1, -0.05) is 26.8 Å². The molecule has 0 fully saturated rings. The van der Waals surface area contributed by atoms with Crippen molar-refractivity contribution in [1.29, 1.82) is 0 Å². The Hall–Kier alpha value is -1.77. The Labute approximate surface area is 113 Å². The summed E-state index contributed by atoms with van der Waals surface area (Å²) in [6.45, 7) is 8.96. The summed E-state index contributed by atoms with van der Waals surface area (Å²) in [5.41, 5.74) is 3.57. The second-order valence-corrected chi connectivity index (χ2v) is 5.49. The fourth-order valence-corrected chi connectivity index (χ4v) is 2.62. The molecule has 0 saturated heterocycles. The van der Waals surface area contributed by atoms with Gasteiger partial charge in [-0.05, 0) is 42.5 Å². The minimum absolute atomic E-state index is 0.416. The predicted molar refractivity (Wildman–Crippen MR) is 77.9 cm³/mol. The van der Waals surface area contributed by atoms with Gasteiger partial charge in [0.25, 0.3) is 0 Å². The average Bonchev–Trinajstić information content (AvgIpc) is 2.61. The van der Waals surface area contributed by atoms with Gasteiger partial charge in [-0.3, -0.25) is 0 Å². The zero-order valence-corrected chi connectivity index (χ0v) is 12.0. The van der Waals surface area contributed by atoms with E-state index in [1.807, 2.05) is 11.5 Å². The molecule has 0 amide bonds. The average molecular weight is 259 g/mol. The SMILES string of the molecule is CCc1ccc2c(c1)c(C)c(C(=O)O)n2CC(C)C. The molecule has 0 radical (unpaired) electrons. The van der Waals surface area contributed by atoms with Gasteiger partial charge in [-0.2, -0.15) is 0 Å². The maximum Gasteiger partial charge on any atom is 0.352 e. The van der Waals surface area contributed by atoms with Crippen LogP contribution in [0.25, 0.3) is 10.9 Å². The van der Waals surface area contributed by atoms with Crippen molar-refractivity contribution in [3.8, 4) is 0 Å². The Bertz CT molecular complexity index is 623. The summed E-state index contributed by atoms with van der Waals surface area (Å²) in [5, 5.41) is 10.5. The lowest BCUT2D eigenvalue weighted by Gasteiger charge is -2.11. The third-order valence-corrected chi connectivity index (χ3v) is 3.54. The summed E-state index contributed by atoms with van der Waals surface area (Å²) >= 11 is 0. The molecule has 0 saturated carbocycles. The third kappa shape index (κ3) is 2.37. The van der Waals surface area contributed by atoms with Gasteiger partial charge >= 0.3 is 5.97 Å². The largest absolute Gasteiger partial charge is 0.477 e. The van der Waals surface area contributed by atoms with Crippen LogP contribution in [0.15, 0.2) is 18.2 Å². The molecule has 0 aliphatic carbocycles. The van der Waals surface area contributed by atoms with Crippen molar-refractivity contribution in [2.75, 3.05) is 0 Å². The quantitative estimate of drug-likeness (QED) is 0.905. The summed E-state index contributed by atoms with van der Waals surface area (Å²) in [4.78, 5) is 11.5. The molecule has 0 unspecified atom stereocenters. The van der Waals surface area contributed by atoms with Crippen LogP contribution < -0.4 is 0 Å². The monoisotopic (exact) mass is 259 g/mol. The number of aromatic nitrogens is 1. The van der Waals surface area contributed by atoms with Gasteiger partial charge < -0.3 is 9.67 Å². The summed E-state index contributed by atoms with van der Waals surface area (Å²) in [6.07, 6.45) is 0.965. The molecule has 2 aromatic rings. The van der Waals surface area contributed by atoms with Crippen molar-refractivity contribution in [2.24, 2.45) is 5.92 Å². The van der Waals surface area contributed by atoms with E-state index < -0.39 is 5.97 Å². The zero-order chi connectivity index (χ0) is 14.2. The second-order valence-electron chi connectivity index (χ2n) is 5.49. The highest BCUT2D eigenvalue weighted by Gasteiger charge is 2.20. The minimum Gasteiger partial charge on any atom is -0.477 e. The first kappa shape index (κ1) is 13.7. The molecule has 0 bridgehead atoms. The highest BCUT2D eigenvalue weighted by molar-refractivity contribution is 5.98. The van der Waals surface area contributed by atoms with Crippen molar-refractivity contribution in [1.82, 2.24) is 4.57 Å². The fraction of sp³-hybridized carbons (Fsp3) is 0.438. The number of nitrogens with zero attached hydrogens (tertiary/aromatic N) is 1. The van der Waals surface area contributed by atoms with Crippen LogP contribution in [-0.4, -0.2) is 15.6 Å². The van der Waals surface area contributed by atoms with Gasteiger partial charge in [0, 0.05) is 17.4 Å². The second kappa shape index (κ2) is 5.08. The first-order chi connectivity index (χ1) is 8.95. The predicted octanol–water partition coefficient (Wildman–Crippen LogP) is 3.87. The van der Waals surface area contributed by atoms with Crippen LogP contribution in [0.5, 0.6) is 0 Å². The van der Waals surface area contributed by atoms with Gasteiger partial charge in [-0.25, -0.2) is 4.79 Å². The lowest BCUT2D eigenvalue weighted by molar-refractivity contribution is 0.0684. The summed E-state index contributed by atoms with van der Waals surface area (Å²) < 4.78 is 1.94. The van der Waals surface area contributed by atoms with Crippen LogP contribution in [0.1, 0.15) is 42.4 Å². The topological polar surface area (TPSA) is 42.2 Å². The maximum atomic E-state index is 11.5. The standard InChI is InChI=1S/C16H21NO2/c1-5-12-6-7-14-13(8-12)11(4)15(16(18)19)17(14)9-10(2)3/h6-8,10H,5,9H2,1-4H3,(H,18,19).